The molecule has 0 heterocycles. The number of benzene rings is 1. The molecule has 0 bridgehead atoms. The molecule has 0 spiro atoms. The highest BCUT2D eigenvalue weighted by Gasteiger charge is 2.22. The molecule has 6 nitrogen and oxygen atoms in total. The van der Waals surface area contributed by atoms with Crippen LogP contribution in [0.4, 0.5) is 0 Å². The number of hydrogen-bond donors (Lipinski definition) is 2. The van der Waals surface area contributed by atoms with Gasteiger partial charge in [-0.1, -0.05) is 11.6 Å². The van der Waals surface area contributed by atoms with E-state index in [-0.39, 0.29) is 21.9 Å². The van der Waals surface area contributed by atoms with Gasteiger partial charge in [0.15, 0.2) is 0 Å². The van der Waals surface area contributed by atoms with Crippen LogP contribution in [-0.4, -0.2) is 25.5 Å². The molecule has 0 fully saturated rings. The van der Waals surface area contributed by atoms with Crippen molar-refractivity contribution in [1.82, 2.24) is 4.72 Å². The molecule has 0 amide bonds. The molecular formula is C11H11ClN2O4S. The molecule has 1 aromatic carbocycles. The zero-order valence-corrected chi connectivity index (χ0v) is 11.5. The Kier molecular flexibility index (Phi) is 4.89. The maximum atomic E-state index is 12.0. The zero-order valence-electron chi connectivity index (χ0n) is 9.92. The van der Waals surface area contributed by atoms with E-state index in [1.807, 2.05) is 0 Å². The van der Waals surface area contributed by atoms with Gasteiger partial charge in [0.1, 0.15) is 11.0 Å². The number of nitrogens with one attached hydrogen (secondary N) is 1. The van der Waals surface area contributed by atoms with Gasteiger partial charge in [-0.05, 0) is 25.1 Å². The number of aliphatic carboxylic acids is 1. The first-order valence-electron chi connectivity index (χ1n) is 5.20. The van der Waals surface area contributed by atoms with Gasteiger partial charge in [0, 0.05) is 11.1 Å². The lowest BCUT2D eigenvalue weighted by Gasteiger charge is -2.13. The highest BCUT2D eigenvalue weighted by Crippen LogP contribution is 2.20. The fraction of sp³-hybridized carbons (Fsp3) is 0.273. The second kappa shape index (κ2) is 6.02. The van der Waals surface area contributed by atoms with Gasteiger partial charge in [0.05, 0.1) is 12.0 Å². The summed E-state index contributed by atoms with van der Waals surface area (Å²) in [6, 6.07) is 4.79. The summed E-state index contributed by atoms with van der Waals surface area (Å²) in [5.74, 6) is -1.12. The topological polar surface area (TPSA) is 107 Å². The van der Waals surface area contributed by atoms with E-state index >= 15 is 0 Å². The lowest BCUT2D eigenvalue weighted by molar-refractivity contribution is -0.137. The van der Waals surface area contributed by atoms with Crippen molar-refractivity contribution >= 4 is 27.6 Å². The third-order valence-corrected chi connectivity index (χ3v) is 4.06. The lowest BCUT2D eigenvalue weighted by atomic mass is 10.2. The van der Waals surface area contributed by atoms with Crippen molar-refractivity contribution in [2.75, 3.05) is 0 Å². The Hall–Kier alpha value is -1.62. The minimum Gasteiger partial charge on any atom is -0.481 e. The van der Waals surface area contributed by atoms with Gasteiger partial charge in [0.25, 0.3) is 0 Å². The number of rotatable bonds is 5. The number of nitriles is 1. The zero-order chi connectivity index (χ0) is 14.6. The van der Waals surface area contributed by atoms with Gasteiger partial charge >= 0.3 is 5.97 Å². The van der Waals surface area contributed by atoms with Crippen molar-refractivity contribution < 1.29 is 18.3 Å². The predicted octanol–water partition coefficient (Wildman–Crippen LogP) is 1.35. The van der Waals surface area contributed by atoms with Gasteiger partial charge in [-0.15, -0.1) is 0 Å². The van der Waals surface area contributed by atoms with E-state index in [0.29, 0.717) is 0 Å². The van der Waals surface area contributed by atoms with Crippen LogP contribution < -0.4 is 4.72 Å². The second-order valence-electron chi connectivity index (χ2n) is 3.87. The quantitative estimate of drug-likeness (QED) is 0.853. The van der Waals surface area contributed by atoms with Crippen molar-refractivity contribution in [2.45, 2.75) is 24.3 Å². The summed E-state index contributed by atoms with van der Waals surface area (Å²) >= 11 is 5.70. The Balaban J connectivity index is 3.11. The summed E-state index contributed by atoms with van der Waals surface area (Å²) in [6.07, 6.45) is -0.359. The van der Waals surface area contributed by atoms with Gasteiger partial charge in [-0.25, -0.2) is 13.1 Å². The highest BCUT2D eigenvalue weighted by molar-refractivity contribution is 7.89. The summed E-state index contributed by atoms with van der Waals surface area (Å²) in [6.45, 7) is 1.42. The number of carboxylic acid groups (broad SMARTS) is 1. The molecule has 0 saturated heterocycles. The molecule has 0 aromatic heterocycles. The molecule has 102 valence electrons. The van der Waals surface area contributed by atoms with Crippen molar-refractivity contribution in [3.05, 3.63) is 28.8 Å². The maximum Gasteiger partial charge on any atom is 0.304 e. The Bertz CT molecular complexity index is 637. The summed E-state index contributed by atoms with van der Waals surface area (Å²) in [4.78, 5) is 10.2. The van der Waals surface area contributed by atoms with E-state index in [0.717, 1.165) is 6.07 Å². The second-order valence-corrected chi connectivity index (χ2v) is 5.99. The molecular weight excluding hydrogens is 292 g/mol. The van der Waals surface area contributed by atoms with Gasteiger partial charge in [-0.3, -0.25) is 4.79 Å². The molecule has 0 aliphatic carbocycles. The van der Waals surface area contributed by atoms with Crippen LogP contribution in [0.5, 0.6) is 0 Å². The van der Waals surface area contributed by atoms with E-state index in [4.69, 9.17) is 22.0 Å². The first-order valence-corrected chi connectivity index (χ1v) is 7.06. The van der Waals surface area contributed by atoms with Crippen LogP contribution in [0.2, 0.25) is 5.02 Å². The maximum absolute atomic E-state index is 12.0. The standard InChI is InChI=1S/C11H11ClN2O4S/c1-7(4-11(15)16)14-19(17,18)10-5-9(12)3-2-8(10)6-13/h2-3,5,7,14H,4H2,1H3,(H,15,16). The fourth-order valence-electron chi connectivity index (χ4n) is 1.44. The first-order chi connectivity index (χ1) is 8.76. The predicted molar refractivity (Wildman–Crippen MR) is 68.2 cm³/mol. The summed E-state index contributed by atoms with van der Waals surface area (Å²) in [7, 11) is -3.99. The van der Waals surface area contributed by atoms with Crippen LogP contribution in [0.25, 0.3) is 0 Å². The molecule has 1 rings (SSSR count). The van der Waals surface area contributed by atoms with Crippen LogP contribution in [0.1, 0.15) is 18.9 Å². The number of carboxylic acids is 1. The van der Waals surface area contributed by atoms with Gasteiger partial charge in [-0.2, -0.15) is 5.26 Å². The Morgan fingerprint density at radius 1 is 1.58 bits per heavy atom. The Labute approximate surface area is 115 Å². The summed E-state index contributed by atoms with van der Waals surface area (Å²) in [5.41, 5.74) is -0.0561. The third kappa shape index (κ3) is 4.21. The summed E-state index contributed by atoms with van der Waals surface area (Å²) < 4.78 is 26.3. The van der Waals surface area contributed by atoms with E-state index in [9.17, 15) is 13.2 Å². The largest absolute Gasteiger partial charge is 0.481 e. The monoisotopic (exact) mass is 302 g/mol. The number of halogens is 1. The van der Waals surface area contributed by atoms with E-state index in [1.54, 1.807) is 6.07 Å². The molecule has 0 saturated carbocycles. The number of hydrogen-bond acceptors (Lipinski definition) is 4. The van der Waals surface area contributed by atoms with Crippen LogP contribution in [0, 0.1) is 11.3 Å². The molecule has 1 aromatic rings. The lowest BCUT2D eigenvalue weighted by Crippen LogP contribution is -2.34. The summed E-state index contributed by atoms with van der Waals surface area (Å²) in [5, 5.41) is 17.6. The van der Waals surface area contributed by atoms with Crippen LogP contribution in [0.15, 0.2) is 23.1 Å². The molecule has 1 atom stereocenters. The molecule has 2 N–H and O–H groups in total. The Morgan fingerprint density at radius 2 is 2.21 bits per heavy atom. The minimum absolute atomic E-state index is 0.0561. The van der Waals surface area contributed by atoms with Gasteiger partial charge < -0.3 is 5.11 Å². The molecule has 0 aliphatic rings. The molecule has 19 heavy (non-hydrogen) atoms. The van der Waals surface area contributed by atoms with Crippen molar-refractivity contribution in [3.8, 4) is 6.07 Å². The molecule has 8 heteroatoms. The number of nitrogens with zero attached hydrogens (tertiary/aromatic N) is 1. The van der Waals surface area contributed by atoms with E-state index in [1.165, 1.54) is 19.1 Å². The fourth-order valence-corrected chi connectivity index (χ4v) is 3.10. The van der Waals surface area contributed by atoms with Crippen LogP contribution >= 0.6 is 11.6 Å². The third-order valence-electron chi connectivity index (χ3n) is 2.19. The molecule has 0 aliphatic heterocycles. The minimum atomic E-state index is -3.99. The smallest absolute Gasteiger partial charge is 0.304 e. The van der Waals surface area contributed by atoms with Crippen LogP contribution in [0.3, 0.4) is 0 Å². The van der Waals surface area contributed by atoms with Crippen LogP contribution in [-0.2, 0) is 14.8 Å². The normalized spacial score (nSPS) is 12.7. The SMILES string of the molecule is CC(CC(=O)O)NS(=O)(=O)c1cc(Cl)ccc1C#N. The highest BCUT2D eigenvalue weighted by atomic mass is 35.5. The molecule has 1 unspecified atom stereocenters. The van der Waals surface area contributed by atoms with E-state index in [2.05, 4.69) is 4.72 Å². The average molecular weight is 303 g/mol. The number of carbonyl (C=O) groups is 1. The van der Waals surface area contributed by atoms with Crippen molar-refractivity contribution in [2.24, 2.45) is 0 Å². The van der Waals surface area contributed by atoms with Crippen molar-refractivity contribution in [1.29, 1.82) is 5.26 Å². The Morgan fingerprint density at radius 3 is 2.74 bits per heavy atom. The first kappa shape index (κ1) is 15.4. The molecule has 0 radical (unpaired) electrons. The average Bonchev–Trinajstić information content (AvgIpc) is 2.26. The van der Waals surface area contributed by atoms with E-state index < -0.39 is 22.0 Å². The van der Waals surface area contributed by atoms with Gasteiger partial charge in [0.2, 0.25) is 10.0 Å². The number of sulfonamides is 1. The van der Waals surface area contributed by atoms with Crippen molar-refractivity contribution in [3.63, 3.8) is 0 Å².